The van der Waals surface area contributed by atoms with Crippen LogP contribution in [0.15, 0.2) is 24.3 Å². The van der Waals surface area contributed by atoms with Gasteiger partial charge < -0.3 is 19.9 Å². The Hall–Kier alpha value is -1.59. The van der Waals surface area contributed by atoms with Gasteiger partial charge in [-0.1, -0.05) is 29.8 Å². The molecule has 1 unspecified atom stereocenters. The van der Waals surface area contributed by atoms with Crippen LogP contribution in [0.3, 0.4) is 0 Å². The van der Waals surface area contributed by atoms with E-state index >= 15 is 0 Å². The minimum absolute atomic E-state index is 0.0713. The van der Waals surface area contributed by atoms with Gasteiger partial charge in [-0.05, 0) is 51.9 Å². The number of ether oxygens (including phenoxy) is 1. The number of amides is 2. The van der Waals surface area contributed by atoms with E-state index in [9.17, 15) is 4.79 Å². The predicted molar refractivity (Wildman–Crippen MR) is 99.6 cm³/mol. The number of rotatable bonds is 5. The summed E-state index contributed by atoms with van der Waals surface area (Å²) >= 11 is 0. The van der Waals surface area contributed by atoms with Crippen LogP contribution in [-0.2, 0) is 11.3 Å². The van der Waals surface area contributed by atoms with Gasteiger partial charge in [-0.25, -0.2) is 4.79 Å². The van der Waals surface area contributed by atoms with Crippen molar-refractivity contribution in [3.05, 3.63) is 35.4 Å². The lowest BCUT2D eigenvalue weighted by atomic mass is 10.0. The van der Waals surface area contributed by atoms with Crippen molar-refractivity contribution >= 4 is 6.03 Å². The number of hydrogen-bond donors (Lipinski definition) is 1. The number of nitrogens with zero attached hydrogens (tertiary/aromatic N) is 2. The standard InChI is InChI=1S/C20H31N3O2/c1-16-3-5-17(6-4-16)13-21-20(24)23(14-18-9-12-25-15-18)19-7-10-22(2)11-8-19/h3-6,18-19H,7-15H2,1-2H3,(H,21,24). The molecule has 138 valence electrons. The molecule has 0 radical (unpaired) electrons. The molecule has 0 bridgehead atoms. The SMILES string of the molecule is Cc1ccc(CNC(=O)N(CC2CCOC2)C2CCN(C)CC2)cc1. The number of benzene rings is 1. The summed E-state index contributed by atoms with van der Waals surface area (Å²) in [6.07, 6.45) is 3.18. The van der Waals surface area contributed by atoms with Crippen LogP contribution < -0.4 is 5.32 Å². The zero-order chi connectivity index (χ0) is 17.6. The highest BCUT2D eigenvalue weighted by Gasteiger charge is 2.30. The van der Waals surface area contributed by atoms with Gasteiger partial charge in [0.2, 0.25) is 0 Å². The molecule has 3 rings (SSSR count). The average Bonchev–Trinajstić information content (AvgIpc) is 3.13. The number of aryl methyl sites for hydroxylation is 1. The maximum Gasteiger partial charge on any atom is 0.317 e. The molecule has 2 saturated heterocycles. The Labute approximate surface area is 151 Å². The molecule has 25 heavy (non-hydrogen) atoms. The van der Waals surface area contributed by atoms with Crippen molar-refractivity contribution < 1.29 is 9.53 Å². The Morgan fingerprint density at radius 1 is 1.24 bits per heavy atom. The van der Waals surface area contributed by atoms with Crippen molar-refractivity contribution in [1.82, 2.24) is 15.1 Å². The van der Waals surface area contributed by atoms with E-state index in [-0.39, 0.29) is 6.03 Å². The van der Waals surface area contributed by atoms with E-state index in [1.54, 1.807) is 0 Å². The lowest BCUT2D eigenvalue weighted by Crippen LogP contribution is -2.51. The molecule has 2 amide bonds. The molecule has 0 spiro atoms. The zero-order valence-electron chi connectivity index (χ0n) is 15.5. The Kier molecular flexibility index (Phi) is 6.32. The number of carbonyl (C=O) groups is 1. The maximum absolute atomic E-state index is 12.9. The molecule has 0 aromatic heterocycles. The minimum atomic E-state index is 0.0713. The molecular formula is C20H31N3O2. The topological polar surface area (TPSA) is 44.8 Å². The molecule has 0 saturated carbocycles. The lowest BCUT2D eigenvalue weighted by Gasteiger charge is -2.38. The summed E-state index contributed by atoms with van der Waals surface area (Å²) < 4.78 is 5.52. The maximum atomic E-state index is 12.9. The molecule has 1 aromatic carbocycles. The molecule has 0 aliphatic carbocycles. The van der Waals surface area contributed by atoms with Crippen LogP contribution in [0.4, 0.5) is 4.79 Å². The van der Waals surface area contributed by atoms with Crippen LogP contribution in [0.25, 0.3) is 0 Å². The van der Waals surface area contributed by atoms with E-state index < -0.39 is 0 Å². The van der Waals surface area contributed by atoms with Gasteiger partial charge in [0.05, 0.1) is 6.61 Å². The van der Waals surface area contributed by atoms with Gasteiger partial charge in [0.25, 0.3) is 0 Å². The first-order valence-corrected chi connectivity index (χ1v) is 9.48. The van der Waals surface area contributed by atoms with Crippen LogP contribution in [0.5, 0.6) is 0 Å². The lowest BCUT2D eigenvalue weighted by molar-refractivity contribution is 0.113. The number of piperidine rings is 1. The fraction of sp³-hybridized carbons (Fsp3) is 0.650. The second kappa shape index (κ2) is 8.68. The summed E-state index contributed by atoms with van der Waals surface area (Å²) in [4.78, 5) is 17.3. The van der Waals surface area contributed by atoms with Gasteiger partial charge >= 0.3 is 6.03 Å². The van der Waals surface area contributed by atoms with E-state index in [4.69, 9.17) is 4.74 Å². The fourth-order valence-corrected chi connectivity index (χ4v) is 3.70. The molecule has 1 aromatic rings. The number of carbonyl (C=O) groups excluding carboxylic acids is 1. The summed E-state index contributed by atoms with van der Waals surface area (Å²) in [5.41, 5.74) is 2.38. The summed E-state index contributed by atoms with van der Waals surface area (Å²) in [6.45, 7) is 7.22. The minimum Gasteiger partial charge on any atom is -0.381 e. The van der Waals surface area contributed by atoms with Crippen molar-refractivity contribution in [2.24, 2.45) is 5.92 Å². The van der Waals surface area contributed by atoms with Crippen molar-refractivity contribution in [3.8, 4) is 0 Å². The Morgan fingerprint density at radius 3 is 2.60 bits per heavy atom. The van der Waals surface area contributed by atoms with Crippen molar-refractivity contribution in [2.75, 3.05) is 39.9 Å². The fourth-order valence-electron chi connectivity index (χ4n) is 3.70. The van der Waals surface area contributed by atoms with Gasteiger partial charge in [-0.3, -0.25) is 0 Å². The third-order valence-electron chi connectivity index (χ3n) is 5.43. The van der Waals surface area contributed by atoms with Gasteiger partial charge in [-0.2, -0.15) is 0 Å². The van der Waals surface area contributed by atoms with Crippen LogP contribution in [0.2, 0.25) is 0 Å². The first-order chi connectivity index (χ1) is 12.1. The largest absolute Gasteiger partial charge is 0.381 e. The first kappa shape index (κ1) is 18.2. The van der Waals surface area contributed by atoms with Crippen LogP contribution in [-0.4, -0.2) is 61.8 Å². The Balaban J connectivity index is 1.60. The number of likely N-dealkylation sites (tertiary alicyclic amines) is 1. The quantitative estimate of drug-likeness (QED) is 0.892. The van der Waals surface area contributed by atoms with E-state index in [0.717, 1.165) is 57.7 Å². The summed E-state index contributed by atoms with van der Waals surface area (Å²) in [5, 5.41) is 3.13. The Bertz CT molecular complexity index is 547. The molecule has 5 nitrogen and oxygen atoms in total. The number of urea groups is 1. The second-order valence-electron chi connectivity index (χ2n) is 7.56. The zero-order valence-corrected chi connectivity index (χ0v) is 15.5. The highest BCUT2D eigenvalue weighted by atomic mass is 16.5. The number of hydrogen-bond acceptors (Lipinski definition) is 3. The summed E-state index contributed by atoms with van der Waals surface area (Å²) in [7, 11) is 2.16. The van der Waals surface area contributed by atoms with Gasteiger partial charge in [0.15, 0.2) is 0 Å². The number of nitrogens with one attached hydrogen (secondary N) is 1. The highest BCUT2D eigenvalue weighted by Crippen LogP contribution is 2.21. The third kappa shape index (κ3) is 5.19. The van der Waals surface area contributed by atoms with Gasteiger partial charge in [0, 0.05) is 31.7 Å². The first-order valence-electron chi connectivity index (χ1n) is 9.48. The van der Waals surface area contributed by atoms with Crippen LogP contribution in [0.1, 0.15) is 30.4 Å². The highest BCUT2D eigenvalue weighted by molar-refractivity contribution is 5.74. The van der Waals surface area contributed by atoms with Crippen molar-refractivity contribution in [3.63, 3.8) is 0 Å². The Morgan fingerprint density at radius 2 is 1.96 bits per heavy atom. The summed E-state index contributed by atoms with van der Waals surface area (Å²) in [6, 6.07) is 8.76. The normalized spacial score (nSPS) is 22.1. The summed E-state index contributed by atoms with van der Waals surface area (Å²) in [5.74, 6) is 0.477. The monoisotopic (exact) mass is 345 g/mol. The third-order valence-corrected chi connectivity index (χ3v) is 5.43. The molecule has 2 aliphatic heterocycles. The van der Waals surface area contributed by atoms with Gasteiger partial charge in [-0.15, -0.1) is 0 Å². The second-order valence-corrected chi connectivity index (χ2v) is 7.56. The van der Waals surface area contributed by atoms with E-state index in [1.165, 1.54) is 5.56 Å². The molecule has 2 aliphatic rings. The average molecular weight is 345 g/mol. The molecule has 2 fully saturated rings. The molecule has 2 heterocycles. The molecular weight excluding hydrogens is 314 g/mol. The van der Waals surface area contributed by atoms with E-state index in [0.29, 0.717) is 18.5 Å². The van der Waals surface area contributed by atoms with E-state index in [2.05, 4.69) is 53.4 Å². The molecule has 1 N–H and O–H groups in total. The van der Waals surface area contributed by atoms with E-state index in [1.807, 2.05) is 0 Å². The van der Waals surface area contributed by atoms with Crippen molar-refractivity contribution in [1.29, 1.82) is 0 Å². The smallest absolute Gasteiger partial charge is 0.317 e. The predicted octanol–water partition coefficient (Wildman–Crippen LogP) is 2.64. The van der Waals surface area contributed by atoms with Crippen LogP contribution >= 0.6 is 0 Å². The van der Waals surface area contributed by atoms with Gasteiger partial charge in [0.1, 0.15) is 0 Å². The van der Waals surface area contributed by atoms with Crippen molar-refractivity contribution in [2.45, 2.75) is 38.8 Å². The molecule has 1 atom stereocenters. The molecule has 5 heteroatoms. The van der Waals surface area contributed by atoms with Crippen LogP contribution in [0, 0.1) is 12.8 Å².